The van der Waals surface area contributed by atoms with Gasteiger partial charge >= 0.3 is 68.8 Å². The molecule has 0 heterocycles. The summed E-state index contributed by atoms with van der Waals surface area (Å²) in [5, 5.41) is 0. The molecule has 0 fully saturated rings. The molecule has 0 aliphatic carbocycles. The Bertz CT molecular complexity index is 91.1. The van der Waals surface area contributed by atoms with Crippen molar-refractivity contribution in [2.75, 3.05) is 0 Å². The van der Waals surface area contributed by atoms with Crippen LogP contribution in [0.1, 0.15) is 20.3 Å². The third-order valence-electron chi connectivity index (χ3n) is 0.696. The van der Waals surface area contributed by atoms with E-state index in [1.165, 1.54) is 22.5 Å². The number of esters is 1. The van der Waals surface area contributed by atoms with Gasteiger partial charge in [-0.1, -0.05) is 0 Å². The summed E-state index contributed by atoms with van der Waals surface area (Å²) < 4.78 is 5.82. The van der Waals surface area contributed by atoms with Crippen molar-refractivity contribution >= 4 is 28.5 Å². The molecule has 0 saturated carbocycles. The van der Waals surface area contributed by atoms with Crippen LogP contribution in [-0.4, -0.2) is 34.6 Å². The minimum absolute atomic E-state index is 0.0415. The molecule has 0 aromatic heterocycles. The van der Waals surface area contributed by atoms with E-state index < -0.39 is 0 Å². The second-order valence-electron chi connectivity index (χ2n) is 2.04. The fourth-order valence-electron chi connectivity index (χ4n) is 0.424. The van der Waals surface area contributed by atoms with Crippen molar-refractivity contribution < 1.29 is 9.53 Å². The number of carbonyl (C=O) groups is 1. The van der Waals surface area contributed by atoms with Crippen molar-refractivity contribution in [1.29, 1.82) is 0 Å². The van der Waals surface area contributed by atoms with Gasteiger partial charge in [-0.25, -0.2) is 0 Å². The summed E-state index contributed by atoms with van der Waals surface area (Å²) in [4.78, 5) is 10.6. The maximum atomic E-state index is 10.6. The SMILES string of the molecule is CC(C)OC(=O)C[CH2][Sn+3]. The molecule has 48 valence electrons. The molecular weight excluding hydrogens is 223 g/mol. The quantitative estimate of drug-likeness (QED) is 0.535. The first-order valence-electron chi connectivity index (χ1n) is 3.01. The summed E-state index contributed by atoms with van der Waals surface area (Å²) in [7, 11) is 0. The van der Waals surface area contributed by atoms with E-state index in [9.17, 15) is 4.79 Å². The molecule has 0 unspecified atom stereocenters. The molecule has 0 aromatic carbocycles. The van der Waals surface area contributed by atoms with Gasteiger partial charge < -0.3 is 0 Å². The Hall–Kier alpha value is 0.269. The van der Waals surface area contributed by atoms with E-state index in [4.69, 9.17) is 4.74 Å². The monoisotopic (exact) mass is 235 g/mol. The van der Waals surface area contributed by atoms with Crippen LogP contribution in [0.5, 0.6) is 0 Å². The third-order valence-corrected chi connectivity index (χ3v) is 1.41. The van der Waals surface area contributed by atoms with Crippen molar-refractivity contribution in [3.63, 3.8) is 0 Å². The molecule has 9 heavy (non-hydrogen) atoms. The van der Waals surface area contributed by atoms with E-state index in [0.717, 1.165) is 4.44 Å². The molecule has 3 heteroatoms. The molecule has 0 amide bonds. The Morgan fingerprint density at radius 3 is 2.56 bits per heavy atom. The zero-order chi connectivity index (χ0) is 7.28. The first kappa shape index (κ1) is 9.27. The van der Waals surface area contributed by atoms with Crippen molar-refractivity contribution in [2.45, 2.75) is 30.8 Å². The Kier molecular flexibility index (Phi) is 5.24. The van der Waals surface area contributed by atoms with Crippen LogP contribution in [-0.2, 0) is 9.53 Å². The molecule has 0 aliphatic rings. The Balaban J connectivity index is 3.27. The van der Waals surface area contributed by atoms with Gasteiger partial charge in [0, 0.05) is 0 Å². The van der Waals surface area contributed by atoms with E-state index in [0.29, 0.717) is 6.42 Å². The topological polar surface area (TPSA) is 26.3 Å². The zero-order valence-electron chi connectivity index (χ0n) is 5.81. The van der Waals surface area contributed by atoms with Gasteiger partial charge in [0.05, 0.1) is 0 Å². The molecule has 2 nitrogen and oxygen atoms in total. The van der Waals surface area contributed by atoms with Crippen molar-refractivity contribution in [2.24, 2.45) is 0 Å². The van der Waals surface area contributed by atoms with Crippen LogP contribution in [0.15, 0.2) is 0 Å². The normalized spacial score (nSPS) is 9.89. The van der Waals surface area contributed by atoms with Crippen LogP contribution in [0.3, 0.4) is 0 Å². The van der Waals surface area contributed by atoms with E-state index in [1.807, 2.05) is 13.8 Å². The van der Waals surface area contributed by atoms with E-state index in [-0.39, 0.29) is 12.1 Å². The van der Waals surface area contributed by atoms with Crippen LogP contribution >= 0.6 is 0 Å². The van der Waals surface area contributed by atoms with Crippen LogP contribution in [0.25, 0.3) is 0 Å². The molecule has 0 bridgehead atoms. The Labute approximate surface area is 69.0 Å². The van der Waals surface area contributed by atoms with Crippen molar-refractivity contribution in [1.82, 2.24) is 0 Å². The summed E-state index contributed by atoms with van der Waals surface area (Å²) in [6.45, 7) is 3.72. The van der Waals surface area contributed by atoms with Gasteiger partial charge in [-0.2, -0.15) is 0 Å². The number of carbonyl (C=O) groups excluding carboxylic acids is 1. The molecule has 0 spiro atoms. The second-order valence-corrected chi connectivity index (χ2v) is 3.47. The van der Waals surface area contributed by atoms with Crippen LogP contribution in [0.2, 0.25) is 4.44 Å². The number of ether oxygens (including phenoxy) is 1. The molecule has 0 rings (SSSR count). The molecule has 0 aromatic rings. The van der Waals surface area contributed by atoms with E-state index >= 15 is 0 Å². The van der Waals surface area contributed by atoms with Gasteiger partial charge in [-0.05, 0) is 0 Å². The molecule has 0 radical (unpaired) electrons. The standard InChI is InChI=1S/C6H11O2.Sn/c1-4-6(7)8-5(2)3;/h5H,1,4H2,2-3H3;/q;+3. The summed E-state index contributed by atoms with van der Waals surface area (Å²) in [5.74, 6) is -0.0678. The summed E-state index contributed by atoms with van der Waals surface area (Å²) in [5.41, 5.74) is 0. The van der Waals surface area contributed by atoms with Gasteiger partial charge in [0.1, 0.15) is 0 Å². The fraction of sp³-hybridized carbons (Fsp3) is 0.833. The average molecular weight is 234 g/mol. The average Bonchev–Trinajstić information content (AvgIpc) is 1.63. The predicted octanol–water partition coefficient (Wildman–Crippen LogP) is 0.915. The number of hydrogen-bond acceptors (Lipinski definition) is 2. The molecule has 0 saturated heterocycles. The summed E-state index contributed by atoms with van der Waals surface area (Å²) >= 11 is 1.39. The third kappa shape index (κ3) is 6.15. The first-order valence-corrected chi connectivity index (χ1v) is 5.02. The fourth-order valence-corrected chi connectivity index (χ4v) is 1.01. The van der Waals surface area contributed by atoms with E-state index in [1.54, 1.807) is 0 Å². The predicted molar refractivity (Wildman–Crippen MR) is 36.4 cm³/mol. The number of rotatable bonds is 3. The molecule has 0 atom stereocenters. The minimum atomic E-state index is -0.0678. The van der Waals surface area contributed by atoms with Gasteiger partial charge in [0.2, 0.25) is 0 Å². The molecule has 0 aliphatic heterocycles. The van der Waals surface area contributed by atoms with Crippen molar-refractivity contribution in [3.8, 4) is 0 Å². The first-order chi connectivity index (χ1) is 4.16. The Morgan fingerprint density at radius 1 is 1.67 bits per heavy atom. The Morgan fingerprint density at radius 2 is 2.22 bits per heavy atom. The number of hydrogen-bond donors (Lipinski definition) is 0. The molecule has 0 N–H and O–H groups in total. The van der Waals surface area contributed by atoms with Crippen LogP contribution < -0.4 is 0 Å². The van der Waals surface area contributed by atoms with Gasteiger partial charge in [0.15, 0.2) is 0 Å². The van der Waals surface area contributed by atoms with E-state index in [2.05, 4.69) is 0 Å². The van der Waals surface area contributed by atoms with Crippen LogP contribution in [0, 0.1) is 0 Å². The summed E-state index contributed by atoms with van der Waals surface area (Å²) in [6, 6.07) is 0. The van der Waals surface area contributed by atoms with Gasteiger partial charge in [0.25, 0.3) is 0 Å². The van der Waals surface area contributed by atoms with Crippen LogP contribution in [0.4, 0.5) is 0 Å². The zero-order valence-corrected chi connectivity index (χ0v) is 8.66. The van der Waals surface area contributed by atoms with Gasteiger partial charge in [-0.15, -0.1) is 0 Å². The van der Waals surface area contributed by atoms with Gasteiger partial charge in [-0.3, -0.25) is 0 Å². The summed E-state index contributed by atoms with van der Waals surface area (Å²) in [6.07, 6.45) is 0.621. The molecular formula is C6H11O2Sn+3. The second kappa shape index (κ2) is 5.09. The van der Waals surface area contributed by atoms with Crippen molar-refractivity contribution in [3.05, 3.63) is 0 Å². The maximum absolute atomic E-state index is 10.6.